The fourth-order valence-corrected chi connectivity index (χ4v) is 2.46. The van der Waals surface area contributed by atoms with Gasteiger partial charge in [0.05, 0.1) is 7.05 Å². The molecule has 4 N–H and O–H groups in total. The molecule has 2 atom stereocenters. The van der Waals surface area contributed by atoms with E-state index in [0.29, 0.717) is 17.8 Å². The molecule has 144 valence electrons. The van der Waals surface area contributed by atoms with Gasteiger partial charge < -0.3 is 20.7 Å². The van der Waals surface area contributed by atoms with Gasteiger partial charge >= 0.3 is 6.61 Å². The Morgan fingerprint density at radius 2 is 1.70 bits per heavy atom. The lowest BCUT2D eigenvalue weighted by Gasteiger charge is -2.21. The van der Waals surface area contributed by atoms with Crippen LogP contribution in [0.1, 0.15) is 22.8 Å². The highest BCUT2D eigenvalue weighted by molar-refractivity contribution is 5.95. The number of alkyl halides is 2. The molecule has 0 spiro atoms. The van der Waals surface area contributed by atoms with E-state index < -0.39 is 12.5 Å². The molecule has 0 saturated heterocycles. The molecular weight excluding hydrogens is 356 g/mol. The quantitative estimate of drug-likeness (QED) is 0.650. The van der Waals surface area contributed by atoms with Crippen LogP contribution >= 0.6 is 0 Å². The minimum Gasteiger partial charge on any atom is -0.435 e. The van der Waals surface area contributed by atoms with Crippen molar-refractivity contribution in [1.29, 1.82) is 0 Å². The highest BCUT2D eigenvalue weighted by Gasteiger charge is 2.22. The lowest BCUT2D eigenvalue weighted by Crippen LogP contribution is -3.12. The molecule has 0 aliphatic carbocycles. The fourth-order valence-electron chi connectivity index (χ4n) is 2.46. The van der Waals surface area contributed by atoms with Crippen LogP contribution in [-0.2, 0) is 11.3 Å². The Hall–Kier alpha value is -3.00. The number of hydrogen-bond acceptors (Lipinski definition) is 3. The number of benzene rings is 2. The molecule has 0 heterocycles. The maximum atomic E-state index is 12.4. The zero-order chi connectivity index (χ0) is 20.0. The second kappa shape index (κ2) is 9.09. The van der Waals surface area contributed by atoms with E-state index in [4.69, 9.17) is 5.73 Å². The zero-order valence-electron chi connectivity index (χ0n) is 15.0. The number of quaternary nitrogens is 1. The number of ether oxygens (including phenoxy) is 1. The van der Waals surface area contributed by atoms with E-state index in [-0.39, 0.29) is 17.7 Å². The van der Waals surface area contributed by atoms with Gasteiger partial charge in [0.15, 0.2) is 6.04 Å². The topological polar surface area (TPSA) is 85.9 Å². The van der Waals surface area contributed by atoms with E-state index in [2.05, 4.69) is 10.1 Å². The Morgan fingerprint density at radius 1 is 1.11 bits per heavy atom. The van der Waals surface area contributed by atoms with E-state index >= 15 is 0 Å². The van der Waals surface area contributed by atoms with Crippen molar-refractivity contribution in [3.63, 3.8) is 0 Å². The number of rotatable bonds is 8. The molecule has 0 aromatic heterocycles. The zero-order valence-corrected chi connectivity index (χ0v) is 15.0. The van der Waals surface area contributed by atoms with Gasteiger partial charge in [0, 0.05) is 16.8 Å². The maximum Gasteiger partial charge on any atom is 0.387 e. The maximum absolute atomic E-state index is 12.4. The van der Waals surface area contributed by atoms with Crippen LogP contribution in [0.3, 0.4) is 0 Å². The van der Waals surface area contributed by atoms with Gasteiger partial charge in [-0.05, 0) is 55.5 Å². The molecule has 0 aliphatic rings. The fraction of sp³-hybridized carbons (Fsp3) is 0.263. The Kier molecular flexibility index (Phi) is 6.84. The van der Waals surface area contributed by atoms with Crippen molar-refractivity contribution in [3.8, 4) is 5.75 Å². The monoisotopic (exact) mass is 378 g/mol. The average Bonchev–Trinajstić information content (AvgIpc) is 2.62. The second-order valence-corrected chi connectivity index (χ2v) is 6.20. The highest BCUT2D eigenvalue weighted by atomic mass is 19.3. The van der Waals surface area contributed by atoms with Crippen molar-refractivity contribution in [1.82, 2.24) is 0 Å². The Morgan fingerprint density at radius 3 is 2.22 bits per heavy atom. The number of halogens is 2. The molecule has 0 radical (unpaired) electrons. The molecule has 1 unspecified atom stereocenters. The Bertz CT molecular complexity index is 780. The van der Waals surface area contributed by atoms with E-state index in [1.165, 1.54) is 12.1 Å². The summed E-state index contributed by atoms with van der Waals surface area (Å²) in [5.41, 5.74) is 7.00. The molecule has 0 fully saturated rings. The third-order valence-electron chi connectivity index (χ3n) is 4.20. The van der Waals surface area contributed by atoms with Crippen molar-refractivity contribution in [2.45, 2.75) is 26.1 Å². The predicted octanol–water partition coefficient (Wildman–Crippen LogP) is 1.43. The first-order valence-electron chi connectivity index (χ1n) is 8.33. The molecule has 2 aromatic rings. The first kappa shape index (κ1) is 20.3. The summed E-state index contributed by atoms with van der Waals surface area (Å²) < 4.78 is 28.7. The average molecular weight is 378 g/mol. The summed E-state index contributed by atoms with van der Waals surface area (Å²) in [4.78, 5) is 24.4. The van der Waals surface area contributed by atoms with Crippen LogP contribution in [-0.4, -0.2) is 31.5 Å². The van der Waals surface area contributed by atoms with Crippen LogP contribution in [0, 0.1) is 0 Å². The van der Waals surface area contributed by atoms with Gasteiger partial charge in [0.1, 0.15) is 12.3 Å². The summed E-state index contributed by atoms with van der Waals surface area (Å²) in [5, 5.41) is 2.79. The van der Waals surface area contributed by atoms with Gasteiger partial charge in [-0.1, -0.05) is 0 Å². The Balaban J connectivity index is 1.92. The number of anilines is 1. The second-order valence-electron chi connectivity index (χ2n) is 6.20. The number of likely N-dealkylation sites (N-methyl/N-ethyl adjacent to an activating group) is 1. The largest absolute Gasteiger partial charge is 0.435 e. The predicted molar refractivity (Wildman–Crippen MR) is 96.7 cm³/mol. The van der Waals surface area contributed by atoms with Gasteiger partial charge in [-0.2, -0.15) is 8.78 Å². The number of nitrogens with one attached hydrogen (secondary N) is 2. The van der Waals surface area contributed by atoms with Crippen molar-refractivity contribution in [3.05, 3.63) is 59.7 Å². The number of primary amides is 1. The number of nitrogens with two attached hydrogens (primary N) is 1. The molecule has 6 nitrogen and oxygen atoms in total. The molecule has 2 amide bonds. The summed E-state index contributed by atoms with van der Waals surface area (Å²) in [6, 6.07) is 12.3. The first-order chi connectivity index (χ1) is 12.8. The van der Waals surface area contributed by atoms with E-state index in [1.54, 1.807) is 43.3 Å². The van der Waals surface area contributed by atoms with Crippen molar-refractivity contribution >= 4 is 17.5 Å². The highest BCUT2D eigenvalue weighted by Crippen LogP contribution is 2.14. The van der Waals surface area contributed by atoms with Crippen LogP contribution in [0.2, 0.25) is 0 Å². The van der Waals surface area contributed by atoms with Crippen molar-refractivity contribution < 1.29 is 28.0 Å². The Labute approximate surface area is 155 Å². The van der Waals surface area contributed by atoms with Crippen molar-refractivity contribution in [2.75, 3.05) is 12.4 Å². The summed E-state index contributed by atoms with van der Waals surface area (Å²) in [5.74, 6) is -0.621. The van der Waals surface area contributed by atoms with Crippen LogP contribution in [0.4, 0.5) is 14.5 Å². The summed E-state index contributed by atoms with van der Waals surface area (Å²) >= 11 is 0. The lowest BCUT2D eigenvalue weighted by atomic mass is 10.1. The standard InChI is InChI=1S/C19H21F2N3O3/c1-12(18(26)23-15-7-5-14(6-8-15)17(22)25)24(2)11-13-3-9-16(10-4-13)27-19(20)21/h3-10,12,19H,11H2,1-2H3,(H2,22,25)(H,23,26)/p+1/t12-/m1/s1. The van der Waals surface area contributed by atoms with Gasteiger partial charge in [0.2, 0.25) is 5.91 Å². The van der Waals surface area contributed by atoms with Crippen LogP contribution < -0.4 is 20.7 Å². The van der Waals surface area contributed by atoms with Crippen molar-refractivity contribution in [2.24, 2.45) is 5.73 Å². The molecule has 2 aromatic carbocycles. The van der Waals surface area contributed by atoms with Gasteiger partial charge in [-0.3, -0.25) is 9.59 Å². The van der Waals surface area contributed by atoms with E-state index in [0.717, 1.165) is 10.5 Å². The van der Waals surface area contributed by atoms with Gasteiger partial charge in [0.25, 0.3) is 5.91 Å². The number of carbonyl (C=O) groups is 2. The molecule has 0 aliphatic heterocycles. The number of hydrogen-bond donors (Lipinski definition) is 3. The smallest absolute Gasteiger partial charge is 0.387 e. The van der Waals surface area contributed by atoms with Crippen LogP contribution in [0.5, 0.6) is 5.75 Å². The molecule has 0 saturated carbocycles. The minimum atomic E-state index is -2.86. The third-order valence-corrected chi connectivity index (χ3v) is 4.20. The molecule has 27 heavy (non-hydrogen) atoms. The first-order valence-corrected chi connectivity index (χ1v) is 8.33. The molecule has 0 bridgehead atoms. The number of amides is 2. The minimum absolute atomic E-state index is 0.0941. The van der Waals surface area contributed by atoms with E-state index in [9.17, 15) is 18.4 Å². The SMILES string of the molecule is C[C@H](C(=O)Nc1ccc(C(N)=O)cc1)[NH+](C)Cc1ccc(OC(F)F)cc1. The molecule has 2 rings (SSSR count). The molecular formula is C19H22F2N3O3+. The summed E-state index contributed by atoms with van der Waals surface area (Å²) in [6.45, 7) is -0.536. The van der Waals surface area contributed by atoms with E-state index in [1.807, 2.05) is 7.05 Å². The van der Waals surface area contributed by atoms with Gasteiger partial charge in [-0.15, -0.1) is 0 Å². The van der Waals surface area contributed by atoms with Crippen LogP contribution in [0.25, 0.3) is 0 Å². The summed E-state index contributed by atoms with van der Waals surface area (Å²) in [7, 11) is 1.87. The molecule has 8 heteroatoms. The van der Waals surface area contributed by atoms with Gasteiger partial charge in [-0.25, -0.2) is 0 Å². The third kappa shape index (κ3) is 6.03. The summed E-state index contributed by atoms with van der Waals surface area (Å²) in [6.07, 6.45) is 0. The lowest BCUT2D eigenvalue weighted by molar-refractivity contribution is -0.907. The van der Waals surface area contributed by atoms with Crippen LogP contribution in [0.15, 0.2) is 48.5 Å². The normalized spacial score (nSPS) is 13.1. The number of carbonyl (C=O) groups excluding carboxylic acids is 2.